The molecule has 46 heavy (non-hydrogen) atoms. The number of rotatable bonds is 11. The number of carbonyl (C=O) groups excluding carboxylic acids is 2. The molecule has 5 rings (SSSR count). The summed E-state index contributed by atoms with van der Waals surface area (Å²) in [6.45, 7) is 10.5. The lowest BCUT2D eigenvalue weighted by molar-refractivity contribution is -0.138. The summed E-state index contributed by atoms with van der Waals surface area (Å²) in [5.41, 5.74) is 8.49. The summed E-state index contributed by atoms with van der Waals surface area (Å²) >= 11 is 0. The first-order valence-electron chi connectivity index (χ1n) is 16.4. The van der Waals surface area contributed by atoms with Crippen LogP contribution in [0.5, 0.6) is 5.75 Å². The Bertz CT molecular complexity index is 1490. The summed E-state index contributed by atoms with van der Waals surface area (Å²) in [6, 6.07) is 8.25. The van der Waals surface area contributed by atoms with E-state index in [4.69, 9.17) is 5.73 Å². The van der Waals surface area contributed by atoms with E-state index < -0.39 is 17.6 Å². The third kappa shape index (κ3) is 8.41. The number of nitrogens with zero attached hydrogens (tertiary/aromatic N) is 6. The molecule has 2 aliphatic rings. The van der Waals surface area contributed by atoms with Gasteiger partial charge in [0.25, 0.3) is 0 Å². The molecular formula is C34H48N8O4. The Balaban J connectivity index is 1.04. The van der Waals surface area contributed by atoms with Gasteiger partial charge in [-0.1, -0.05) is 32.9 Å². The number of likely N-dealkylation sites (tertiary alicyclic amines) is 2. The number of carbonyl (C=O) groups is 2. The van der Waals surface area contributed by atoms with Gasteiger partial charge in [-0.05, 0) is 81.3 Å². The van der Waals surface area contributed by atoms with Crippen molar-refractivity contribution in [2.24, 2.45) is 11.3 Å². The number of aromatic nitrogens is 4. The molecule has 0 radical (unpaired) electrons. The monoisotopic (exact) mass is 632 g/mol. The molecule has 5 N–H and O–H groups in total. The number of nitrogen functional groups attached to an aromatic ring is 1. The number of hydrogen-bond donors (Lipinski definition) is 4. The second kappa shape index (κ2) is 14.6. The molecule has 2 aliphatic heterocycles. The molecule has 0 unspecified atom stereocenters. The molecule has 0 saturated carbocycles. The number of β-amino-alcohol motifs (C(OH)–C–C–N with tert-alkyl or cyclic N) is 1. The number of aliphatic hydroxyl groups excluding tert-OH is 1. The second-order valence-electron chi connectivity index (χ2n) is 13.8. The number of piperidine rings is 1. The summed E-state index contributed by atoms with van der Waals surface area (Å²) in [5, 5.41) is 35.9. The Hall–Kier alpha value is -4.03. The van der Waals surface area contributed by atoms with Crippen molar-refractivity contribution >= 4 is 17.6 Å². The number of aromatic hydroxyl groups is 1. The topological polar surface area (TPSA) is 163 Å². The van der Waals surface area contributed by atoms with Crippen LogP contribution in [0.15, 0.2) is 42.7 Å². The van der Waals surface area contributed by atoms with Gasteiger partial charge in [-0.2, -0.15) is 5.10 Å². The summed E-state index contributed by atoms with van der Waals surface area (Å²) in [4.78, 5) is 30.0. The first kappa shape index (κ1) is 33.3. The van der Waals surface area contributed by atoms with Crippen LogP contribution in [-0.2, 0) is 16.1 Å². The van der Waals surface area contributed by atoms with Crippen LogP contribution in [-0.4, -0.2) is 96.7 Å². The molecule has 12 heteroatoms. The molecule has 2 fully saturated rings. The minimum Gasteiger partial charge on any atom is -0.507 e. The number of nitrogens with two attached hydrogens (primary N) is 1. The Morgan fingerprint density at radius 1 is 1.07 bits per heavy atom. The van der Waals surface area contributed by atoms with Gasteiger partial charge in [0.1, 0.15) is 11.8 Å². The van der Waals surface area contributed by atoms with Crippen molar-refractivity contribution in [3.63, 3.8) is 0 Å². The first-order valence-corrected chi connectivity index (χ1v) is 16.4. The van der Waals surface area contributed by atoms with Gasteiger partial charge in [0.15, 0.2) is 5.82 Å². The van der Waals surface area contributed by atoms with E-state index in [1.807, 2.05) is 43.8 Å². The fourth-order valence-corrected chi connectivity index (χ4v) is 6.34. The third-order valence-corrected chi connectivity index (χ3v) is 9.12. The molecule has 12 nitrogen and oxygen atoms in total. The Morgan fingerprint density at radius 3 is 2.52 bits per heavy atom. The minimum absolute atomic E-state index is 0.0935. The highest BCUT2D eigenvalue weighted by atomic mass is 16.3. The maximum atomic E-state index is 13.1. The predicted octanol–water partition coefficient (Wildman–Crippen LogP) is 3.30. The number of hydrogen-bond acceptors (Lipinski definition) is 9. The molecule has 3 aromatic rings. The lowest BCUT2D eigenvalue weighted by Gasteiger charge is -2.33. The van der Waals surface area contributed by atoms with Crippen molar-refractivity contribution in [2.75, 3.05) is 38.5 Å². The maximum Gasteiger partial charge on any atom is 0.245 e. The van der Waals surface area contributed by atoms with Crippen molar-refractivity contribution in [3.05, 3.63) is 42.7 Å². The Labute approximate surface area is 271 Å². The highest BCUT2D eigenvalue weighted by molar-refractivity contribution is 5.88. The molecule has 2 atom stereocenters. The number of para-hydroxylation sites is 1. The van der Waals surface area contributed by atoms with Crippen LogP contribution in [0.4, 0.5) is 5.82 Å². The van der Waals surface area contributed by atoms with Crippen molar-refractivity contribution < 1.29 is 19.8 Å². The van der Waals surface area contributed by atoms with Crippen LogP contribution in [0, 0.1) is 11.3 Å². The predicted molar refractivity (Wildman–Crippen MR) is 176 cm³/mol. The fraction of sp³-hybridized carbons (Fsp3) is 0.559. The van der Waals surface area contributed by atoms with Crippen LogP contribution in [0.25, 0.3) is 22.4 Å². The van der Waals surface area contributed by atoms with Gasteiger partial charge in [-0.3, -0.25) is 14.3 Å². The number of benzene rings is 1. The average Bonchev–Trinajstić information content (AvgIpc) is 3.68. The highest BCUT2D eigenvalue weighted by Crippen LogP contribution is 2.32. The number of nitrogens with one attached hydrogen (secondary N) is 1. The minimum atomic E-state index is -0.602. The van der Waals surface area contributed by atoms with E-state index in [1.54, 1.807) is 29.3 Å². The SMILES string of the molecule is CC(C)(C)[C@H](NC(=O)CCCCN1CCC(Cn2cc(-c3cc(-c4ccccc4O)nnc3N)cn2)CC1)C(=O)N1CC[C@@H](O)C1. The van der Waals surface area contributed by atoms with Crippen LogP contribution >= 0.6 is 0 Å². The zero-order valence-corrected chi connectivity index (χ0v) is 27.2. The van der Waals surface area contributed by atoms with Gasteiger partial charge < -0.3 is 31.1 Å². The second-order valence-corrected chi connectivity index (χ2v) is 13.8. The highest BCUT2D eigenvalue weighted by Gasteiger charge is 2.37. The quantitative estimate of drug-likeness (QED) is 0.232. The number of phenolic OH excluding ortho intramolecular Hbond substituents is 1. The van der Waals surface area contributed by atoms with E-state index in [1.165, 1.54) is 0 Å². The number of amides is 2. The van der Waals surface area contributed by atoms with Crippen molar-refractivity contribution in [1.29, 1.82) is 0 Å². The average molecular weight is 633 g/mol. The van der Waals surface area contributed by atoms with Crippen LogP contribution in [0.3, 0.4) is 0 Å². The molecule has 2 amide bonds. The summed E-state index contributed by atoms with van der Waals surface area (Å²) in [5.74, 6) is 0.767. The number of anilines is 1. The molecule has 0 spiro atoms. The van der Waals surface area contributed by atoms with Crippen LogP contribution in [0.2, 0.25) is 0 Å². The van der Waals surface area contributed by atoms with Crippen LogP contribution in [0.1, 0.15) is 59.3 Å². The lowest BCUT2D eigenvalue weighted by Crippen LogP contribution is -2.54. The van der Waals surface area contributed by atoms with E-state index in [2.05, 4.69) is 25.5 Å². The van der Waals surface area contributed by atoms with Crippen molar-refractivity contribution in [2.45, 2.75) is 78.0 Å². The van der Waals surface area contributed by atoms with E-state index >= 15 is 0 Å². The van der Waals surface area contributed by atoms with Crippen molar-refractivity contribution in [1.82, 2.24) is 35.1 Å². The van der Waals surface area contributed by atoms with E-state index in [0.29, 0.717) is 48.9 Å². The summed E-state index contributed by atoms with van der Waals surface area (Å²) < 4.78 is 1.97. The van der Waals surface area contributed by atoms with Crippen molar-refractivity contribution in [3.8, 4) is 28.1 Å². The zero-order valence-electron chi connectivity index (χ0n) is 27.2. The maximum absolute atomic E-state index is 13.1. The van der Waals surface area contributed by atoms with Gasteiger partial charge in [0.2, 0.25) is 11.8 Å². The fourth-order valence-electron chi connectivity index (χ4n) is 6.34. The Kier molecular flexibility index (Phi) is 10.6. The molecule has 0 aliphatic carbocycles. The molecule has 4 heterocycles. The third-order valence-electron chi connectivity index (χ3n) is 9.12. The van der Waals surface area contributed by atoms with E-state index in [-0.39, 0.29) is 17.6 Å². The van der Waals surface area contributed by atoms with E-state index in [9.17, 15) is 19.8 Å². The van der Waals surface area contributed by atoms with E-state index in [0.717, 1.165) is 63.0 Å². The Morgan fingerprint density at radius 2 is 1.83 bits per heavy atom. The summed E-state index contributed by atoms with van der Waals surface area (Å²) in [6.07, 6.45) is 8.14. The summed E-state index contributed by atoms with van der Waals surface area (Å²) in [7, 11) is 0. The van der Waals surface area contributed by atoms with Gasteiger partial charge in [0, 0.05) is 48.9 Å². The molecule has 248 valence electrons. The molecule has 2 aromatic heterocycles. The van der Waals surface area contributed by atoms with Gasteiger partial charge >= 0.3 is 0 Å². The standard InChI is InChI=1S/C34H48N8O4/c1-34(2,3)31(33(46)41-17-13-25(43)22-41)37-30(45)10-6-7-14-40-15-11-23(12-16-40)20-42-21-24(19-36-42)27-18-28(38-39-32(27)35)26-8-4-5-9-29(26)44/h4-5,8-9,18-19,21,23,25,31,43-44H,6-7,10-17,20,22H2,1-3H3,(H2,35,39)(H,37,45)/t25-,31-/m1/s1. The molecule has 2 saturated heterocycles. The molecule has 1 aromatic carbocycles. The largest absolute Gasteiger partial charge is 0.507 e. The first-order chi connectivity index (χ1) is 22.0. The molecular weight excluding hydrogens is 584 g/mol. The normalized spacial score (nSPS) is 18.5. The van der Waals surface area contributed by atoms with Crippen LogP contribution < -0.4 is 11.1 Å². The van der Waals surface area contributed by atoms with Gasteiger partial charge in [-0.25, -0.2) is 0 Å². The zero-order chi connectivity index (χ0) is 32.8. The van der Waals surface area contributed by atoms with Gasteiger partial charge in [-0.15, -0.1) is 10.2 Å². The lowest BCUT2D eigenvalue weighted by atomic mass is 9.85. The van der Waals surface area contributed by atoms with Gasteiger partial charge in [0.05, 0.1) is 18.0 Å². The smallest absolute Gasteiger partial charge is 0.245 e. The number of phenols is 1. The number of unbranched alkanes of at least 4 members (excludes halogenated alkanes) is 1. The molecule has 0 bridgehead atoms. The number of aliphatic hydroxyl groups is 1.